The lowest BCUT2D eigenvalue weighted by Crippen LogP contribution is -2.28. The van der Waals surface area contributed by atoms with Crippen molar-refractivity contribution in [1.82, 2.24) is 25.1 Å². The first-order chi connectivity index (χ1) is 14.3. The van der Waals surface area contributed by atoms with E-state index in [-0.39, 0.29) is 12.0 Å². The van der Waals surface area contributed by atoms with Crippen molar-refractivity contribution in [2.24, 2.45) is 0 Å². The van der Waals surface area contributed by atoms with Crippen LogP contribution in [0, 0.1) is 0 Å². The Morgan fingerprint density at radius 1 is 1.14 bits per heavy atom. The van der Waals surface area contributed by atoms with E-state index in [1.807, 2.05) is 23.1 Å². The molecule has 0 aliphatic carbocycles. The number of rotatable bonds is 4. The van der Waals surface area contributed by atoms with Gasteiger partial charge in [-0.15, -0.1) is 0 Å². The van der Waals surface area contributed by atoms with E-state index in [4.69, 9.17) is 9.47 Å². The van der Waals surface area contributed by atoms with Crippen LogP contribution in [0.1, 0.15) is 36.2 Å². The summed E-state index contributed by atoms with van der Waals surface area (Å²) in [6, 6.07) is 5.54. The second kappa shape index (κ2) is 7.79. The summed E-state index contributed by atoms with van der Waals surface area (Å²) >= 11 is 0. The summed E-state index contributed by atoms with van der Waals surface area (Å²) < 4.78 is 11.6. The fraction of sp³-hybridized carbons (Fsp3) is 0.429. The van der Waals surface area contributed by atoms with Crippen molar-refractivity contribution >= 4 is 16.8 Å². The number of amides is 1. The van der Waals surface area contributed by atoms with E-state index in [9.17, 15) is 4.79 Å². The summed E-state index contributed by atoms with van der Waals surface area (Å²) in [5.41, 5.74) is 2.82. The smallest absolute Gasteiger partial charge is 0.272 e. The number of aromatic nitrogens is 4. The Hall–Kier alpha value is -3.00. The monoisotopic (exact) mass is 393 g/mol. The summed E-state index contributed by atoms with van der Waals surface area (Å²) in [5, 5.41) is 8.38. The molecule has 2 saturated heterocycles. The highest BCUT2D eigenvalue weighted by molar-refractivity contribution is 5.98. The highest BCUT2D eigenvalue weighted by Gasteiger charge is 2.23. The molecule has 1 N–H and O–H groups in total. The average Bonchev–Trinajstić information content (AvgIpc) is 3.45. The summed E-state index contributed by atoms with van der Waals surface area (Å²) in [6.45, 7) is 2.99. The van der Waals surface area contributed by atoms with Crippen molar-refractivity contribution in [2.75, 3.05) is 26.3 Å². The van der Waals surface area contributed by atoms with Gasteiger partial charge in [-0.1, -0.05) is 0 Å². The first-order valence-electron chi connectivity index (χ1n) is 10.1. The molecule has 1 amide bonds. The van der Waals surface area contributed by atoms with Crippen LogP contribution in [-0.4, -0.2) is 63.4 Å². The highest BCUT2D eigenvalue weighted by atomic mass is 16.5. The SMILES string of the molecule is O=C(c1cc(-c2n[nH]c3ccnc(OC4CCOCC4)c23)ccn1)N1CCCC1. The first kappa shape index (κ1) is 18.1. The molecular formula is C21H23N5O3. The molecule has 5 rings (SSSR count). The Bertz CT molecular complexity index is 1020. The number of nitrogens with zero attached hydrogens (tertiary/aromatic N) is 4. The Kier molecular flexibility index (Phi) is 4.85. The van der Waals surface area contributed by atoms with Crippen molar-refractivity contribution in [3.05, 3.63) is 36.3 Å². The number of carbonyl (C=O) groups is 1. The van der Waals surface area contributed by atoms with Gasteiger partial charge in [-0.25, -0.2) is 4.98 Å². The van der Waals surface area contributed by atoms with Gasteiger partial charge in [-0.05, 0) is 31.0 Å². The van der Waals surface area contributed by atoms with Gasteiger partial charge in [0, 0.05) is 43.9 Å². The predicted octanol–water partition coefficient (Wildman–Crippen LogP) is 2.81. The third kappa shape index (κ3) is 3.55. The van der Waals surface area contributed by atoms with Crippen LogP contribution in [0.2, 0.25) is 0 Å². The van der Waals surface area contributed by atoms with Crippen LogP contribution in [0.25, 0.3) is 22.2 Å². The van der Waals surface area contributed by atoms with Crippen LogP contribution in [0.15, 0.2) is 30.6 Å². The standard InChI is InChI=1S/C21H23N5O3/c27-21(26-9-1-2-10-26)17-13-14(3-7-22-17)19-18-16(24-25-19)4-8-23-20(18)29-15-5-11-28-12-6-15/h3-4,7-8,13,15H,1-2,5-6,9-12H2,(H,24,25). The number of hydrogen-bond acceptors (Lipinski definition) is 6. The minimum Gasteiger partial charge on any atom is -0.474 e. The van der Waals surface area contributed by atoms with Crippen LogP contribution in [0.5, 0.6) is 5.88 Å². The maximum atomic E-state index is 12.7. The zero-order chi connectivity index (χ0) is 19.6. The van der Waals surface area contributed by atoms with Crippen LogP contribution < -0.4 is 4.74 Å². The molecule has 0 bridgehead atoms. The van der Waals surface area contributed by atoms with Crippen LogP contribution in [0.3, 0.4) is 0 Å². The largest absolute Gasteiger partial charge is 0.474 e. The third-order valence-electron chi connectivity index (χ3n) is 5.53. The minimum absolute atomic E-state index is 0.0269. The molecule has 150 valence electrons. The summed E-state index contributed by atoms with van der Waals surface area (Å²) in [6.07, 6.45) is 7.24. The van der Waals surface area contributed by atoms with E-state index in [2.05, 4.69) is 20.2 Å². The van der Waals surface area contributed by atoms with Crippen LogP contribution in [0.4, 0.5) is 0 Å². The maximum Gasteiger partial charge on any atom is 0.272 e. The molecule has 2 aliphatic heterocycles. The number of nitrogens with one attached hydrogen (secondary N) is 1. The summed E-state index contributed by atoms with van der Waals surface area (Å²) in [5.74, 6) is 0.531. The molecule has 8 nitrogen and oxygen atoms in total. The van der Waals surface area contributed by atoms with Gasteiger partial charge in [0.25, 0.3) is 5.91 Å². The number of carbonyl (C=O) groups excluding carboxylic acids is 1. The zero-order valence-electron chi connectivity index (χ0n) is 16.1. The quantitative estimate of drug-likeness (QED) is 0.733. The van der Waals surface area contributed by atoms with Crippen molar-refractivity contribution in [1.29, 1.82) is 0 Å². The van der Waals surface area contributed by atoms with Gasteiger partial charge in [0.05, 0.1) is 24.1 Å². The molecule has 0 spiro atoms. The molecule has 0 radical (unpaired) electrons. The Balaban J connectivity index is 1.50. The van der Waals surface area contributed by atoms with Crippen molar-refractivity contribution in [3.8, 4) is 17.1 Å². The zero-order valence-corrected chi connectivity index (χ0v) is 16.1. The molecule has 0 atom stereocenters. The fourth-order valence-corrected chi connectivity index (χ4v) is 3.96. The number of H-pyrrole nitrogens is 1. The van der Waals surface area contributed by atoms with Gasteiger partial charge < -0.3 is 14.4 Å². The minimum atomic E-state index is -0.0269. The second-order valence-corrected chi connectivity index (χ2v) is 7.47. The topological polar surface area (TPSA) is 93.2 Å². The van der Waals surface area contributed by atoms with Crippen molar-refractivity contribution in [3.63, 3.8) is 0 Å². The predicted molar refractivity (Wildman–Crippen MR) is 107 cm³/mol. The van der Waals surface area contributed by atoms with E-state index >= 15 is 0 Å². The van der Waals surface area contributed by atoms with E-state index in [0.717, 1.165) is 55.2 Å². The molecule has 2 fully saturated rings. The molecule has 29 heavy (non-hydrogen) atoms. The molecular weight excluding hydrogens is 370 g/mol. The van der Waals surface area contributed by atoms with E-state index in [1.165, 1.54) is 0 Å². The first-order valence-corrected chi connectivity index (χ1v) is 10.1. The number of pyridine rings is 2. The molecule has 3 aromatic heterocycles. The lowest BCUT2D eigenvalue weighted by Gasteiger charge is -2.23. The van der Waals surface area contributed by atoms with Gasteiger partial charge >= 0.3 is 0 Å². The highest BCUT2D eigenvalue weighted by Crippen LogP contribution is 2.33. The van der Waals surface area contributed by atoms with Gasteiger partial charge in [0.15, 0.2) is 0 Å². The van der Waals surface area contributed by atoms with Gasteiger partial charge in [0.1, 0.15) is 17.5 Å². The average molecular weight is 393 g/mol. The molecule has 0 unspecified atom stereocenters. The molecule has 0 aromatic carbocycles. The molecule has 2 aliphatic rings. The van der Waals surface area contributed by atoms with Gasteiger partial charge in [0.2, 0.25) is 5.88 Å². The van der Waals surface area contributed by atoms with Gasteiger partial charge in [-0.2, -0.15) is 5.10 Å². The van der Waals surface area contributed by atoms with E-state index < -0.39 is 0 Å². The second-order valence-electron chi connectivity index (χ2n) is 7.47. The maximum absolute atomic E-state index is 12.7. The fourth-order valence-electron chi connectivity index (χ4n) is 3.96. The number of ether oxygens (including phenoxy) is 2. The van der Waals surface area contributed by atoms with Crippen LogP contribution in [-0.2, 0) is 4.74 Å². The number of hydrogen-bond donors (Lipinski definition) is 1. The van der Waals surface area contributed by atoms with Crippen molar-refractivity contribution in [2.45, 2.75) is 31.8 Å². The van der Waals surface area contributed by atoms with Gasteiger partial charge in [-0.3, -0.25) is 14.9 Å². The molecule has 5 heterocycles. The third-order valence-corrected chi connectivity index (χ3v) is 5.53. The molecule has 0 saturated carbocycles. The lowest BCUT2D eigenvalue weighted by atomic mass is 10.1. The Morgan fingerprint density at radius 2 is 1.93 bits per heavy atom. The van der Waals surface area contributed by atoms with E-state index in [1.54, 1.807) is 12.4 Å². The molecule has 3 aromatic rings. The lowest BCUT2D eigenvalue weighted by molar-refractivity contribution is 0.0244. The Morgan fingerprint density at radius 3 is 2.76 bits per heavy atom. The Labute approximate surface area is 168 Å². The van der Waals surface area contributed by atoms with Crippen LogP contribution >= 0.6 is 0 Å². The summed E-state index contributed by atoms with van der Waals surface area (Å²) in [7, 11) is 0. The number of likely N-dealkylation sites (tertiary alicyclic amines) is 1. The summed E-state index contributed by atoms with van der Waals surface area (Å²) in [4.78, 5) is 23.4. The number of aromatic amines is 1. The van der Waals surface area contributed by atoms with Crippen molar-refractivity contribution < 1.29 is 14.3 Å². The molecule has 8 heteroatoms. The number of fused-ring (bicyclic) bond motifs is 1. The normalized spacial score (nSPS) is 17.7. The van der Waals surface area contributed by atoms with E-state index in [0.29, 0.717) is 30.5 Å².